The lowest BCUT2D eigenvalue weighted by Crippen LogP contribution is -1.81. The first kappa shape index (κ1) is 9.87. The van der Waals surface area contributed by atoms with Crippen LogP contribution >= 0.6 is 23.1 Å². The average molecular weight is 198 g/mol. The molecule has 0 radical (unpaired) electrons. The number of hydrogen-bond acceptors (Lipinski definition) is 2. The second-order valence-corrected chi connectivity index (χ2v) is 4.75. The molecule has 0 bridgehead atoms. The van der Waals surface area contributed by atoms with E-state index in [1.807, 2.05) is 23.1 Å². The molecule has 0 spiro atoms. The maximum atomic E-state index is 2.32. The molecule has 1 heterocycles. The number of thiophene rings is 1. The molecule has 66 valence electrons. The number of thioether (sulfide) groups is 1. The number of allylic oxidation sites excluding steroid dienone is 1. The third kappa shape index (κ3) is 2.68. The molecule has 0 nitrogen and oxygen atoms in total. The van der Waals surface area contributed by atoms with Crippen molar-refractivity contribution in [1.82, 2.24) is 0 Å². The van der Waals surface area contributed by atoms with E-state index in [0.29, 0.717) is 5.92 Å². The summed E-state index contributed by atoms with van der Waals surface area (Å²) in [6, 6.07) is 4.28. The monoisotopic (exact) mass is 198 g/mol. The Morgan fingerprint density at radius 1 is 1.58 bits per heavy atom. The Labute approximate surface area is 82.7 Å². The summed E-state index contributed by atoms with van der Waals surface area (Å²) in [5, 5.41) is 2.12. The summed E-state index contributed by atoms with van der Waals surface area (Å²) in [4.78, 5) is 2.79. The Bertz CT molecular complexity index is 245. The van der Waals surface area contributed by atoms with Crippen molar-refractivity contribution in [3.8, 4) is 0 Å². The fourth-order valence-corrected chi connectivity index (χ4v) is 2.69. The van der Waals surface area contributed by atoms with Gasteiger partial charge >= 0.3 is 0 Å². The van der Waals surface area contributed by atoms with Gasteiger partial charge in [0.1, 0.15) is 0 Å². The molecule has 0 amide bonds. The average Bonchev–Trinajstić information content (AvgIpc) is 2.51. The number of rotatable bonds is 3. The molecule has 0 saturated carbocycles. The summed E-state index contributed by atoms with van der Waals surface area (Å²) in [6.07, 6.45) is 4.45. The van der Waals surface area contributed by atoms with Crippen molar-refractivity contribution in [2.45, 2.75) is 13.8 Å². The lowest BCUT2D eigenvalue weighted by atomic mass is 10.2. The van der Waals surface area contributed by atoms with E-state index >= 15 is 0 Å². The van der Waals surface area contributed by atoms with Crippen molar-refractivity contribution in [3.63, 3.8) is 0 Å². The molecule has 12 heavy (non-hydrogen) atoms. The van der Waals surface area contributed by atoms with Crippen LogP contribution < -0.4 is 0 Å². The van der Waals surface area contributed by atoms with Gasteiger partial charge in [-0.25, -0.2) is 0 Å². The van der Waals surface area contributed by atoms with Crippen LogP contribution in [0.2, 0.25) is 0 Å². The summed E-state index contributed by atoms with van der Waals surface area (Å²) in [6.45, 7) is 4.42. The Kier molecular flexibility index (Phi) is 3.89. The van der Waals surface area contributed by atoms with E-state index in [1.165, 1.54) is 9.78 Å². The Morgan fingerprint density at radius 2 is 2.33 bits per heavy atom. The molecule has 0 aromatic carbocycles. The Hall–Kier alpha value is -0.210. The highest BCUT2D eigenvalue weighted by Crippen LogP contribution is 2.29. The van der Waals surface area contributed by atoms with Gasteiger partial charge in [-0.1, -0.05) is 26.0 Å². The summed E-state index contributed by atoms with van der Waals surface area (Å²) >= 11 is 3.64. The fraction of sp³-hybridized carbons (Fsp3) is 0.400. The summed E-state index contributed by atoms with van der Waals surface area (Å²) in [5.41, 5.74) is 0. The third-order valence-electron chi connectivity index (χ3n) is 1.47. The molecule has 1 aromatic heterocycles. The molecule has 0 atom stereocenters. The van der Waals surface area contributed by atoms with Crippen LogP contribution in [0.15, 0.2) is 23.6 Å². The van der Waals surface area contributed by atoms with Crippen molar-refractivity contribution >= 4 is 28.0 Å². The molecule has 0 unspecified atom stereocenters. The van der Waals surface area contributed by atoms with Gasteiger partial charge in [-0.3, -0.25) is 0 Å². The van der Waals surface area contributed by atoms with Gasteiger partial charge in [-0.2, -0.15) is 0 Å². The van der Waals surface area contributed by atoms with Crippen LogP contribution in [0.4, 0.5) is 0 Å². The molecule has 0 fully saturated rings. The van der Waals surface area contributed by atoms with E-state index in [-0.39, 0.29) is 0 Å². The van der Waals surface area contributed by atoms with Crippen molar-refractivity contribution < 1.29 is 0 Å². The minimum Gasteiger partial charge on any atom is -0.143 e. The molecular weight excluding hydrogens is 184 g/mol. The van der Waals surface area contributed by atoms with Crippen LogP contribution in [0.25, 0.3) is 4.91 Å². The van der Waals surface area contributed by atoms with Crippen LogP contribution in [0.3, 0.4) is 0 Å². The van der Waals surface area contributed by atoms with E-state index in [4.69, 9.17) is 0 Å². The second kappa shape index (κ2) is 4.73. The zero-order valence-electron chi connectivity index (χ0n) is 7.70. The van der Waals surface area contributed by atoms with Crippen LogP contribution in [-0.4, -0.2) is 6.26 Å². The molecule has 1 aromatic rings. The van der Waals surface area contributed by atoms with E-state index in [9.17, 15) is 0 Å². The predicted molar refractivity (Wildman–Crippen MR) is 60.6 cm³/mol. The van der Waals surface area contributed by atoms with Gasteiger partial charge in [0.15, 0.2) is 0 Å². The Morgan fingerprint density at radius 3 is 2.75 bits per heavy atom. The van der Waals surface area contributed by atoms with Crippen LogP contribution in [-0.2, 0) is 0 Å². The minimum absolute atomic E-state index is 0.634. The third-order valence-corrected chi connectivity index (χ3v) is 3.30. The first-order valence-corrected chi connectivity index (χ1v) is 6.14. The van der Waals surface area contributed by atoms with Crippen molar-refractivity contribution in [2.24, 2.45) is 5.92 Å². The number of hydrogen-bond donors (Lipinski definition) is 0. The normalized spacial score (nSPS) is 12.5. The zero-order chi connectivity index (χ0) is 8.97. The highest BCUT2D eigenvalue weighted by Gasteiger charge is 2.00. The SMILES string of the molecule is CS/C(=C\C(C)C)c1cccs1. The van der Waals surface area contributed by atoms with Crippen LogP contribution in [0, 0.1) is 5.92 Å². The molecule has 0 aliphatic carbocycles. The zero-order valence-corrected chi connectivity index (χ0v) is 9.34. The van der Waals surface area contributed by atoms with Gasteiger partial charge < -0.3 is 0 Å². The van der Waals surface area contributed by atoms with Gasteiger partial charge in [0, 0.05) is 9.78 Å². The van der Waals surface area contributed by atoms with Gasteiger partial charge in [0.05, 0.1) is 0 Å². The topological polar surface area (TPSA) is 0 Å². The second-order valence-electron chi connectivity index (χ2n) is 2.96. The van der Waals surface area contributed by atoms with Crippen LogP contribution in [0.5, 0.6) is 0 Å². The van der Waals surface area contributed by atoms with Crippen LogP contribution in [0.1, 0.15) is 18.7 Å². The summed E-state index contributed by atoms with van der Waals surface area (Å²) < 4.78 is 0. The van der Waals surface area contributed by atoms with Crippen molar-refractivity contribution in [1.29, 1.82) is 0 Å². The first-order valence-electron chi connectivity index (χ1n) is 4.03. The molecule has 2 heteroatoms. The highest BCUT2D eigenvalue weighted by molar-refractivity contribution is 8.07. The molecule has 0 saturated heterocycles. The quantitative estimate of drug-likeness (QED) is 0.704. The van der Waals surface area contributed by atoms with E-state index < -0.39 is 0 Å². The Balaban J connectivity index is 2.83. The minimum atomic E-state index is 0.634. The maximum Gasteiger partial charge on any atom is 0.0402 e. The first-order chi connectivity index (χ1) is 5.74. The van der Waals surface area contributed by atoms with Gasteiger partial charge in [-0.15, -0.1) is 23.1 Å². The fourth-order valence-electron chi connectivity index (χ4n) is 0.972. The standard InChI is InChI=1S/C10H14S2/c1-8(2)7-10(11-3)9-5-4-6-12-9/h4-8H,1-3H3/b10-7-. The largest absolute Gasteiger partial charge is 0.143 e. The van der Waals surface area contributed by atoms with Crippen molar-refractivity contribution in [3.05, 3.63) is 28.5 Å². The molecule has 1 rings (SSSR count). The van der Waals surface area contributed by atoms with E-state index in [2.05, 4.69) is 43.7 Å². The predicted octanol–water partition coefficient (Wildman–Crippen LogP) is 4.11. The molecule has 0 aliphatic rings. The maximum absolute atomic E-state index is 2.32. The smallest absolute Gasteiger partial charge is 0.0402 e. The van der Waals surface area contributed by atoms with E-state index in [1.54, 1.807) is 0 Å². The summed E-state index contributed by atoms with van der Waals surface area (Å²) in [5.74, 6) is 0.634. The van der Waals surface area contributed by atoms with Crippen molar-refractivity contribution in [2.75, 3.05) is 6.26 Å². The molecule has 0 N–H and O–H groups in total. The van der Waals surface area contributed by atoms with Gasteiger partial charge in [0.25, 0.3) is 0 Å². The molecular formula is C10H14S2. The van der Waals surface area contributed by atoms with E-state index in [0.717, 1.165) is 0 Å². The lowest BCUT2D eigenvalue weighted by Gasteiger charge is -2.02. The summed E-state index contributed by atoms with van der Waals surface area (Å²) in [7, 11) is 0. The lowest BCUT2D eigenvalue weighted by molar-refractivity contribution is 0.836. The highest BCUT2D eigenvalue weighted by atomic mass is 32.2. The molecule has 0 aliphatic heterocycles. The van der Waals surface area contributed by atoms with Gasteiger partial charge in [0.2, 0.25) is 0 Å². The van der Waals surface area contributed by atoms with Gasteiger partial charge in [-0.05, 0) is 23.6 Å².